The number of aryl methyl sites for hydroxylation is 1. The molecule has 3 rings (SSSR count). The second-order valence-electron chi connectivity index (χ2n) is 6.00. The van der Waals surface area contributed by atoms with E-state index in [1.807, 2.05) is 0 Å². The molecular weight excluding hydrogens is 252 g/mol. The van der Waals surface area contributed by atoms with Crippen LogP contribution in [0, 0.1) is 6.92 Å². The van der Waals surface area contributed by atoms with Crippen LogP contribution in [0.2, 0.25) is 0 Å². The third kappa shape index (κ3) is 3.19. The number of carbonyl (C=O) groups is 1. The highest BCUT2D eigenvalue weighted by atomic mass is 16.5. The van der Waals surface area contributed by atoms with Crippen LogP contribution in [-0.4, -0.2) is 37.2 Å². The maximum Gasteiger partial charge on any atom is 0.250 e. The lowest BCUT2D eigenvalue weighted by Crippen LogP contribution is -2.51. The molecule has 1 saturated heterocycles. The molecular formula is C16H22N2O2. The summed E-state index contributed by atoms with van der Waals surface area (Å²) in [6, 6.07) is 8.56. The van der Waals surface area contributed by atoms with Crippen molar-refractivity contribution in [1.82, 2.24) is 10.6 Å². The minimum atomic E-state index is -0.334. The average molecular weight is 274 g/mol. The summed E-state index contributed by atoms with van der Waals surface area (Å²) < 4.78 is 5.50. The molecule has 4 heteroatoms. The summed E-state index contributed by atoms with van der Waals surface area (Å²) in [5.74, 6) is 0.0295. The molecule has 1 aliphatic carbocycles. The number of rotatable bonds is 4. The highest BCUT2D eigenvalue weighted by Crippen LogP contribution is 2.38. The van der Waals surface area contributed by atoms with Gasteiger partial charge in [-0.1, -0.05) is 29.8 Å². The highest BCUT2D eigenvalue weighted by molar-refractivity contribution is 5.82. The van der Waals surface area contributed by atoms with Gasteiger partial charge < -0.3 is 15.4 Å². The SMILES string of the molecule is Cc1ccc(CC2(NC(=O)[C@@H]3CNCCO3)CC2)cc1. The molecule has 1 atom stereocenters. The minimum absolute atomic E-state index is 0.0295. The van der Waals surface area contributed by atoms with Crippen molar-refractivity contribution in [2.45, 2.75) is 37.8 Å². The smallest absolute Gasteiger partial charge is 0.250 e. The topological polar surface area (TPSA) is 50.4 Å². The zero-order valence-electron chi connectivity index (χ0n) is 11.9. The molecule has 2 fully saturated rings. The van der Waals surface area contributed by atoms with Crippen LogP contribution >= 0.6 is 0 Å². The third-order valence-corrected chi connectivity index (χ3v) is 4.13. The fourth-order valence-corrected chi connectivity index (χ4v) is 2.67. The van der Waals surface area contributed by atoms with Gasteiger partial charge in [0.2, 0.25) is 0 Å². The van der Waals surface area contributed by atoms with Gasteiger partial charge in [-0.3, -0.25) is 4.79 Å². The van der Waals surface area contributed by atoms with Crippen LogP contribution in [0.1, 0.15) is 24.0 Å². The average Bonchev–Trinajstić information content (AvgIpc) is 3.22. The molecule has 2 N–H and O–H groups in total. The first kappa shape index (κ1) is 13.6. The van der Waals surface area contributed by atoms with Gasteiger partial charge >= 0.3 is 0 Å². The molecule has 4 nitrogen and oxygen atoms in total. The van der Waals surface area contributed by atoms with Crippen LogP contribution in [0.5, 0.6) is 0 Å². The van der Waals surface area contributed by atoms with E-state index >= 15 is 0 Å². The van der Waals surface area contributed by atoms with Crippen LogP contribution in [0.3, 0.4) is 0 Å². The number of nitrogens with one attached hydrogen (secondary N) is 2. The van der Waals surface area contributed by atoms with Crippen LogP contribution in [-0.2, 0) is 16.0 Å². The first-order chi connectivity index (χ1) is 9.67. The van der Waals surface area contributed by atoms with Gasteiger partial charge in [-0.2, -0.15) is 0 Å². The van der Waals surface area contributed by atoms with Gasteiger partial charge in [-0.25, -0.2) is 0 Å². The maximum absolute atomic E-state index is 12.2. The number of hydrogen-bond acceptors (Lipinski definition) is 3. The Kier molecular flexibility index (Phi) is 3.76. The van der Waals surface area contributed by atoms with E-state index in [-0.39, 0.29) is 17.6 Å². The fraction of sp³-hybridized carbons (Fsp3) is 0.562. The van der Waals surface area contributed by atoms with E-state index < -0.39 is 0 Å². The van der Waals surface area contributed by atoms with Gasteiger partial charge in [-0.05, 0) is 31.7 Å². The van der Waals surface area contributed by atoms with Crippen molar-refractivity contribution in [3.63, 3.8) is 0 Å². The van der Waals surface area contributed by atoms with Gasteiger partial charge in [0.1, 0.15) is 6.10 Å². The predicted molar refractivity (Wildman–Crippen MR) is 77.6 cm³/mol. The maximum atomic E-state index is 12.2. The summed E-state index contributed by atoms with van der Waals surface area (Å²) in [6.07, 6.45) is 2.71. The molecule has 20 heavy (non-hydrogen) atoms. The Bertz CT molecular complexity index is 474. The van der Waals surface area contributed by atoms with Gasteiger partial charge in [-0.15, -0.1) is 0 Å². The molecule has 0 bridgehead atoms. The zero-order chi connectivity index (χ0) is 14.0. The summed E-state index contributed by atoms with van der Waals surface area (Å²) >= 11 is 0. The number of carbonyl (C=O) groups excluding carboxylic acids is 1. The Hall–Kier alpha value is -1.39. The van der Waals surface area contributed by atoms with Gasteiger partial charge in [0.05, 0.1) is 6.61 Å². The third-order valence-electron chi connectivity index (χ3n) is 4.13. The van der Waals surface area contributed by atoms with Crippen LogP contribution < -0.4 is 10.6 Å². The van der Waals surface area contributed by atoms with Crippen LogP contribution in [0.4, 0.5) is 0 Å². The second-order valence-corrected chi connectivity index (χ2v) is 6.00. The number of morpholine rings is 1. The zero-order valence-corrected chi connectivity index (χ0v) is 11.9. The Morgan fingerprint density at radius 2 is 2.15 bits per heavy atom. The van der Waals surface area contributed by atoms with E-state index in [0.717, 1.165) is 25.8 Å². The molecule has 1 aromatic rings. The van der Waals surface area contributed by atoms with Crippen molar-refractivity contribution in [2.75, 3.05) is 19.7 Å². The lowest BCUT2D eigenvalue weighted by atomic mass is 10.0. The van der Waals surface area contributed by atoms with E-state index in [2.05, 4.69) is 41.8 Å². The van der Waals surface area contributed by atoms with Crippen LogP contribution in [0.25, 0.3) is 0 Å². The molecule has 1 amide bonds. The summed E-state index contributed by atoms with van der Waals surface area (Å²) in [7, 11) is 0. The molecule has 0 radical (unpaired) electrons. The van der Waals surface area contributed by atoms with Crippen molar-refractivity contribution < 1.29 is 9.53 Å². The van der Waals surface area contributed by atoms with Crippen molar-refractivity contribution in [3.8, 4) is 0 Å². The highest BCUT2D eigenvalue weighted by Gasteiger charge is 2.45. The molecule has 1 heterocycles. The Labute approximate surface area is 119 Å². The minimum Gasteiger partial charge on any atom is -0.366 e. The van der Waals surface area contributed by atoms with Crippen molar-refractivity contribution >= 4 is 5.91 Å². The Morgan fingerprint density at radius 3 is 2.75 bits per heavy atom. The summed E-state index contributed by atoms with van der Waals surface area (Å²) in [6.45, 7) is 4.15. The van der Waals surface area contributed by atoms with E-state index in [9.17, 15) is 4.79 Å². The normalized spacial score (nSPS) is 24.1. The van der Waals surface area contributed by atoms with Crippen molar-refractivity contribution in [2.24, 2.45) is 0 Å². The first-order valence-electron chi connectivity index (χ1n) is 7.37. The van der Waals surface area contributed by atoms with Gasteiger partial charge in [0.15, 0.2) is 0 Å². The van der Waals surface area contributed by atoms with Crippen molar-refractivity contribution in [1.29, 1.82) is 0 Å². The largest absolute Gasteiger partial charge is 0.366 e. The van der Waals surface area contributed by atoms with Crippen molar-refractivity contribution in [3.05, 3.63) is 35.4 Å². The summed E-state index contributed by atoms with van der Waals surface area (Å²) in [5, 5.41) is 6.39. The van der Waals surface area contributed by atoms with Gasteiger partial charge in [0, 0.05) is 18.6 Å². The quantitative estimate of drug-likeness (QED) is 0.866. The van der Waals surface area contributed by atoms with E-state index in [4.69, 9.17) is 4.74 Å². The molecule has 108 valence electrons. The Balaban J connectivity index is 1.58. The predicted octanol–water partition coefficient (Wildman–Crippen LogP) is 1.17. The molecule has 0 spiro atoms. The van der Waals surface area contributed by atoms with Gasteiger partial charge in [0.25, 0.3) is 5.91 Å². The molecule has 1 saturated carbocycles. The standard InChI is InChI=1S/C16H22N2O2/c1-12-2-4-13(5-3-12)10-16(6-7-16)18-15(19)14-11-17-8-9-20-14/h2-5,14,17H,6-11H2,1H3,(H,18,19)/t14-/m0/s1. The number of hydrogen-bond donors (Lipinski definition) is 2. The van der Waals surface area contributed by atoms with E-state index in [0.29, 0.717) is 13.2 Å². The number of benzene rings is 1. The Morgan fingerprint density at radius 1 is 1.40 bits per heavy atom. The summed E-state index contributed by atoms with van der Waals surface area (Å²) in [4.78, 5) is 12.2. The molecule has 1 aromatic carbocycles. The molecule has 0 unspecified atom stereocenters. The summed E-state index contributed by atoms with van der Waals surface area (Å²) in [5.41, 5.74) is 2.52. The lowest BCUT2D eigenvalue weighted by molar-refractivity contribution is -0.135. The number of amides is 1. The first-order valence-corrected chi connectivity index (χ1v) is 7.37. The second kappa shape index (κ2) is 5.54. The fourth-order valence-electron chi connectivity index (χ4n) is 2.67. The number of ether oxygens (including phenoxy) is 1. The van der Waals surface area contributed by atoms with Crippen LogP contribution in [0.15, 0.2) is 24.3 Å². The monoisotopic (exact) mass is 274 g/mol. The van der Waals surface area contributed by atoms with E-state index in [1.54, 1.807) is 0 Å². The molecule has 2 aliphatic rings. The molecule has 1 aliphatic heterocycles. The van der Waals surface area contributed by atoms with E-state index in [1.165, 1.54) is 11.1 Å². The lowest BCUT2D eigenvalue weighted by Gasteiger charge is -2.26. The molecule has 0 aromatic heterocycles.